The molecule has 0 aromatic carbocycles. The lowest BCUT2D eigenvalue weighted by molar-refractivity contribution is 0.202. The Kier molecular flexibility index (Phi) is 6.52. The highest BCUT2D eigenvalue weighted by Crippen LogP contribution is 2.26. The summed E-state index contributed by atoms with van der Waals surface area (Å²) in [6.45, 7) is 9.92. The van der Waals surface area contributed by atoms with Gasteiger partial charge in [-0.15, -0.1) is 10.2 Å². The summed E-state index contributed by atoms with van der Waals surface area (Å²) in [7, 11) is 1.72. The van der Waals surface area contributed by atoms with Crippen LogP contribution in [0.15, 0.2) is 0 Å². The average molecular weight is 286 g/mol. The van der Waals surface area contributed by atoms with Crippen LogP contribution in [0, 0.1) is 13.8 Å². The maximum Gasteiger partial charge on any atom is 0.155 e. The molecule has 108 valence electrons. The van der Waals surface area contributed by atoms with E-state index in [2.05, 4.69) is 28.9 Å². The predicted octanol–water partition coefficient (Wildman–Crippen LogP) is 3.39. The summed E-state index contributed by atoms with van der Waals surface area (Å²) in [5.41, 5.74) is 2.10. The fourth-order valence-electron chi connectivity index (χ4n) is 2.22. The molecule has 0 atom stereocenters. The first kappa shape index (κ1) is 16.2. The number of hydrogen-bond donors (Lipinski definition) is 0. The molecule has 4 nitrogen and oxygen atoms in total. The highest BCUT2D eigenvalue weighted by molar-refractivity contribution is 6.30. The second kappa shape index (κ2) is 7.65. The van der Waals surface area contributed by atoms with Crippen molar-refractivity contribution in [2.45, 2.75) is 46.6 Å². The topological polar surface area (TPSA) is 38.2 Å². The quantitative estimate of drug-likeness (QED) is 0.770. The normalized spacial score (nSPS) is 11.1. The largest absolute Gasteiger partial charge is 0.383 e. The molecule has 0 unspecified atom stereocenters. The van der Waals surface area contributed by atoms with Crippen molar-refractivity contribution in [3.05, 3.63) is 16.3 Å². The van der Waals surface area contributed by atoms with E-state index >= 15 is 0 Å². The molecule has 0 saturated heterocycles. The fraction of sp³-hybridized carbons (Fsp3) is 0.714. The number of hydrogen-bond acceptors (Lipinski definition) is 4. The molecule has 0 aliphatic heterocycles. The van der Waals surface area contributed by atoms with Gasteiger partial charge in [-0.25, -0.2) is 0 Å². The monoisotopic (exact) mass is 285 g/mol. The van der Waals surface area contributed by atoms with Crippen molar-refractivity contribution in [1.29, 1.82) is 0 Å². The second-order valence-corrected chi connectivity index (χ2v) is 5.08. The number of nitrogens with zero attached hydrogens (tertiary/aromatic N) is 3. The molecular weight excluding hydrogens is 262 g/mol. The molecule has 0 radical (unpaired) electrons. The Morgan fingerprint density at radius 2 is 1.79 bits per heavy atom. The van der Waals surface area contributed by atoms with Crippen LogP contribution in [0.3, 0.4) is 0 Å². The Morgan fingerprint density at radius 1 is 1.16 bits per heavy atom. The summed E-state index contributed by atoms with van der Waals surface area (Å²) in [5.74, 6) is 0.924. The lowest BCUT2D eigenvalue weighted by atomic mass is 10.1. The van der Waals surface area contributed by atoms with Gasteiger partial charge in [0.1, 0.15) is 0 Å². The Labute approximate surface area is 121 Å². The number of aromatic nitrogens is 2. The van der Waals surface area contributed by atoms with Gasteiger partial charge in [0.15, 0.2) is 11.0 Å². The molecule has 0 amide bonds. The van der Waals surface area contributed by atoms with E-state index < -0.39 is 0 Å². The van der Waals surface area contributed by atoms with Gasteiger partial charge in [-0.3, -0.25) is 0 Å². The highest BCUT2D eigenvalue weighted by atomic mass is 35.5. The lowest BCUT2D eigenvalue weighted by Gasteiger charge is -2.32. The van der Waals surface area contributed by atoms with E-state index in [-0.39, 0.29) is 0 Å². The first-order valence-electron chi connectivity index (χ1n) is 6.81. The molecule has 1 aromatic rings. The third kappa shape index (κ3) is 3.80. The van der Waals surface area contributed by atoms with E-state index in [9.17, 15) is 0 Å². The van der Waals surface area contributed by atoms with E-state index in [0.717, 1.165) is 36.3 Å². The molecule has 0 bridgehead atoms. The van der Waals surface area contributed by atoms with Gasteiger partial charge in [-0.05, 0) is 37.8 Å². The van der Waals surface area contributed by atoms with Crippen molar-refractivity contribution in [3.8, 4) is 0 Å². The molecule has 0 N–H and O–H groups in total. The third-order valence-electron chi connectivity index (χ3n) is 3.63. The van der Waals surface area contributed by atoms with Gasteiger partial charge in [0.05, 0.1) is 6.61 Å². The Bertz CT molecular complexity index is 408. The first-order chi connectivity index (χ1) is 9.06. The van der Waals surface area contributed by atoms with E-state index in [0.29, 0.717) is 17.8 Å². The minimum atomic E-state index is 0.448. The van der Waals surface area contributed by atoms with Crippen LogP contribution in [0.5, 0.6) is 0 Å². The van der Waals surface area contributed by atoms with Crippen molar-refractivity contribution < 1.29 is 4.74 Å². The Hall–Kier alpha value is -0.870. The van der Waals surface area contributed by atoms with Crippen LogP contribution < -0.4 is 4.90 Å². The van der Waals surface area contributed by atoms with Crippen LogP contribution in [0.2, 0.25) is 5.15 Å². The molecular formula is C14H24ClN3O. The molecule has 0 fully saturated rings. The third-order valence-corrected chi connectivity index (χ3v) is 3.99. The minimum Gasteiger partial charge on any atom is -0.383 e. The second-order valence-electron chi connectivity index (χ2n) is 4.72. The summed E-state index contributed by atoms with van der Waals surface area (Å²) < 4.78 is 5.21. The molecule has 5 heteroatoms. The van der Waals surface area contributed by atoms with Crippen molar-refractivity contribution in [2.24, 2.45) is 0 Å². The van der Waals surface area contributed by atoms with Gasteiger partial charge in [0.25, 0.3) is 0 Å². The van der Waals surface area contributed by atoms with Crippen LogP contribution in [0.1, 0.15) is 37.8 Å². The number of methoxy groups -OCH3 is 1. The summed E-state index contributed by atoms with van der Waals surface area (Å²) >= 11 is 6.03. The van der Waals surface area contributed by atoms with Gasteiger partial charge < -0.3 is 9.64 Å². The maximum atomic E-state index is 6.03. The fourth-order valence-corrected chi connectivity index (χ4v) is 2.40. The van der Waals surface area contributed by atoms with Crippen LogP contribution in [0.4, 0.5) is 5.82 Å². The van der Waals surface area contributed by atoms with E-state index in [4.69, 9.17) is 16.3 Å². The van der Waals surface area contributed by atoms with Crippen molar-refractivity contribution in [1.82, 2.24) is 10.2 Å². The molecule has 0 saturated carbocycles. The summed E-state index contributed by atoms with van der Waals surface area (Å²) in [6, 6.07) is 0.448. The number of anilines is 1. The molecule has 1 heterocycles. The molecule has 0 aliphatic rings. The van der Waals surface area contributed by atoms with Gasteiger partial charge in [-0.2, -0.15) is 0 Å². The Morgan fingerprint density at radius 3 is 2.32 bits per heavy atom. The van der Waals surface area contributed by atoms with E-state index in [1.807, 2.05) is 13.8 Å². The summed E-state index contributed by atoms with van der Waals surface area (Å²) in [6.07, 6.45) is 2.14. The van der Waals surface area contributed by atoms with Crippen molar-refractivity contribution >= 4 is 17.4 Å². The van der Waals surface area contributed by atoms with Crippen LogP contribution in [-0.2, 0) is 4.74 Å². The SMILES string of the molecule is CCC(CC)N(CCOC)c1nnc(Cl)c(C)c1C. The number of rotatable bonds is 7. The van der Waals surface area contributed by atoms with Gasteiger partial charge in [0, 0.05) is 19.7 Å². The summed E-state index contributed by atoms with van der Waals surface area (Å²) in [4.78, 5) is 2.29. The smallest absolute Gasteiger partial charge is 0.155 e. The van der Waals surface area contributed by atoms with Crippen LogP contribution >= 0.6 is 11.6 Å². The van der Waals surface area contributed by atoms with Gasteiger partial charge in [0.2, 0.25) is 0 Å². The van der Waals surface area contributed by atoms with Crippen LogP contribution in [-0.4, -0.2) is 36.5 Å². The standard InChI is InChI=1S/C14H24ClN3O/c1-6-12(7-2)18(8-9-19-5)14-11(4)10(3)13(15)16-17-14/h12H,6-9H2,1-5H3. The van der Waals surface area contributed by atoms with Gasteiger partial charge in [-0.1, -0.05) is 25.4 Å². The molecule has 19 heavy (non-hydrogen) atoms. The zero-order chi connectivity index (χ0) is 14.4. The van der Waals surface area contributed by atoms with Gasteiger partial charge >= 0.3 is 0 Å². The van der Waals surface area contributed by atoms with E-state index in [1.54, 1.807) is 7.11 Å². The zero-order valence-corrected chi connectivity index (χ0v) is 13.3. The average Bonchev–Trinajstić information content (AvgIpc) is 2.42. The zero-order valence-electron chi connectivity index (χ0n) is 12.5. The lowest BCUT2D eigenvalue weighted by Crippen LogP contribution is -2.38. The minimum absolute atomic E-state index is 0.448. The van der Waals surface area contributed by atoms with Crippen molar-refractivity contribution in [2.75, 3.05) is 25.2 Å². The van der Waals surface area contributed by atoms with E-state index in [1.165, 1.54) is 0 Å². The summed E-state index contributed by atoms with van der Waals surface area (Å²) in [5, 5.41) is 8.83. The molecule has 0 spiro atoms. The maximum absolute atomic E-state index is 6.03. The molecule has 1 rings (SSSR count). The molecule has 0 aliphatic carbocycles. The number of ether oxygens (including phenoxy) is 1. The first-order valence-corrected chi connectivity index (χ1v) is 7.19. The highest BCUT2D eigenvalue weighted by Gasteiger charge is 2.20. The predicted molar refractivity (Wildman–Crippen MR) is 80.1 cm³/mol. The van der Waals surface area contributed by atoms with Crippen molar-refractivity contribution in [3.63, 3.8) is 0 Å². The molecule has 1 aromatic heterocycles. The Balaban J connectivity index is 3.13. The number of halogens is 1. The van der Waals surface area contributed by atoms with Crippen LogP contribution in [0.25, 0.3) is 0 Å².